The van der Waals surface area contributed by atoms with Gasteiger partial charge in [0.25, 0.3) is 0 Å². The van der Waals surface area contributed by atoms with Crippen LogP contribution < -0.4 is 0 Å². The number of benzene rings is 1. The lowest BCUT2D eigenvalue weighted by Crippen LogP contribution is -2.43. The number of carbonyl (C=O) groups excluding carboxylic acids is 2. The minimum Gasteiger partial charge on any atom is -0.461 e. The van der Waals surface area contributed by atoms with Gasteiger partial charge in [0.05, 0.1) is 5.92 Å². The van der Waals surface area contributed by atoms with Crippen LogP contribution in [0.1, 0.15) is 18.4 Å². The van der Waals surface area contributed by atoms with Gasteiger partial charge in [-0.2, -0.15) is 0 Å². The van der Waals surface area contributed by atoms with Crippen molar-refractivity contribution in [2.75, 3.05) is 19.7 Å². The van der Waals surface area contributed by atoms with Crippen LogP contribution in [0, 0.1) is 5.92 Å². The lowest BCUT2D eigenvalue weighted by Gasteiger charge is -2.30. The summed E-state index contributed by atoms with van der Waals surface area (Å²) in [7, 11) is 0. The Hall–Kier alpha value is -2.30. The van der Waals surface area contributed by atoms with Crippen molar-refractivity contribution >= 4 is 12.1 Å². The third-order valence-electron chi connectivity index (χ3n) is 3.56. The van der Waals surface area contributed by atoms with Crippen LogP contribution in [0.5, 0.6) is 0 Å². The van der Waals surface area contributed by atoms with Gasteiger partial charge in [-0.25, -0.2) is 4.79 Å². The van der Waals surface area contributed by atoms with E-state index in [-0.39, 0.29) is 31.2 Å². The third-order valence-corrected chi connectivity index (χ3v) is 3.56. The van der Waals surface area contributed by atoms with Crippen molar-refractivity contribution in [1.29, 1.82) is 0 Å². The number of carbonyl (C=O) groups is 2. The summed E-state index contributed by atoms with van der Waals surface area (Å²) in [6, 6.07) is 9.51. The van der Waals surface area contributed by atoms with E-state index in [4.69, 9.17) is 9.47 Å². The first-order chi connectivity index (χ1) is 10.7. The molecule has 1 aliphatic rings. The maximum atomic E-state index is 12.1. The SMILES string of the molecule is C=CCOC(=O)C1CCCN(C(=O)OCc2ccccc2)C1. The van der Waals surface area contributed by atoms with Crippen molar-refractivity contribution in [2.45, 2.75) is 19.4 Å². The Labute approximate surface area is 130 Å². The highest BCUT2D eigenvalue weighted by Gasteiger charge is 2.30. The van der Waals surface area contributed by atoms with Crippen LogP contribution in [0.3, 0.4) is 0 Å². The molecule has 1 amide bonds. The molecule has 5 heteroatoms. The molecule has 118 valence electrons. The van der Waals surface area contributed by atoms with Crippen molar-refractivity contribution in [1.82, 2.24) is 4.90 Å². The average Bonchev–Trinajstić information content (AvgIpc) is 2.58. The van der Waals surface area contributed by atoms with Gasteiger partial charge in [-0.05, 0) is 18.4 Å². The van der Waals surface area contributed by atoms with E-state index in [0.29, 0.717) is 13.1 Å². The molecule has 0 bridgehead atoms. The highest BCUT2D eigenvalue weighted by molar-refractivity contribution is 5.75. The molecule has 1 fully saturated rings. The maximum absolute atomic E-state index is 12.1. The van der Waals surface area contributed by atoms with E-state index < -0.39 is 0 Å². The molecule has 2 rings (SSSR count). The molecule has 22 heavy (non-hydrogen) atoms. The second kappa shape index (κ2) is 8.22. The van der Waals surface area contributed by atoms with E-state index in [1.54, 1.807) is 4.90 Å². The first-order valence-electron chi connectivity index (χ1n) is 7.44. The minimum atomic E-state index is -0.384. The fraction of sp³-hybridized carbons (Fsp3) is 0.412. The molecule has 0 saturated carbocycles. The number of rotatable bonds is 5. The quantitative estimate of drug-likeness (QED) is 0.620. The van der Waals surface area contributed by atoms with Crippen molar-refractivity contribution < 1.29 is 19.1 Å². The van der Waals surface area contributed by atoms with Crippen LogP contribution >= 0.6 is 0 Å². The summed E-state index contributed by atoms with van der Waals surface area (Å²) in [6.07, 6.45) is 2.66. The molecule has 1 heterocycles. The van der Waals surface area contributed by atoms with Gasteiger partial charge in [0, 0.05) is 13.1 Å². The Bertz CT molecular complexity index is 515. The van der Waals surface area contributed by atoms with Gasteiger partial charge >= 0.3 is 12.1 Å². The van der Waals surface area contributed by atoms with E-state index in [1.807, 2.05) is 30.3 Å². The van der Waals surface area contributed by atoms with Crippen LogP contribution in [-0.2, 0) is 20.9 Å². The van der Waals surface area contributed by atoms with Gasteiger partial charge in [0.15, 0.2) is 0 Å². The molecule has 5 nitrogen and oxygen atoms in total. The van der Waals surface area contributed by atoms with Gasteiger partial charge in [-0.1, -0.05) is 43.0 Å². The van der Waals surface area contributed by atoms with Crippen LogP contribution in [0.2, 0.25) is 0 Å². The van der Waals surface area contributed by atoms with Crippen molar-refractivity contribution in [2.24, 2.45) is 5.92 Å². The molecule has 1 unspecified atom stereocenters. The molecule has 0 aromatic heterocycles. The molecule has 0 radical (unpaired) electrons. The second-order valence-electron chi connectivity index (χ2n) is 5.24. The number of esters is 1. The summed E-state index contributed by atoms with van der Waals surface area (Å²) in [5, 5.41) is 0. The predicted molar refractivity (Wildman–Crippen MR) is 82.1 cm³/mol. The molecule has 1 atom stereocenters. The van der Waals surface area contributed by atoms with Gasteiger partial charge in [-0.3, -0.25) is 4.79 Å². The highest BCUT2D eigenvalue weighted by atomic mass is 16.6. The van der Waals surface area contributed by atoms with Crippen molar-refractivity contribution in [3.63, 3.8) is 0 Å². The molecule has 1 aliphatic heterocycles. The van der Waals surface area contributed by atoms with E-state index in [1.165, 1.54) is 6.08 Å². The van der Waals surface area contributed by atoms with Gasteiger partial charge in [0.1, 0.15) is 13.2 Å². The topological polar surface area (TPSA) is 55.8 Å². The van der Waals surface area contributed by atoms with Gasteiger partial charge in [-0.15, -0.1) is 0 Å². The lowest BCUT2D eigenvalue weighted by molar-refractivity contribution is -0.148. The zero-order chi connectivity index (χ0) is 15.8. The number of hydrogen-bond acceptors (Lipinski definition) is 4. The summed E-state index contributed by atoms with van der Waals surface area (Å²) in [5.41, 5.74) is 0.940. The Balaban J connectivity index is 1.82. The number of piperidine rings is 1. The summed E-state index contributed by atoms with van der Waals surface area (Å²) >= 11 is 0. The van der Waals surface area contributed by atoms with Gasteiger partial charge in [0.2, 0.25) is 0 Å². The minimum absolute atomic E-state index is 0.202. The average molecular weight is 303 g/mol. The highest BCUT2D eigenvalue weighted by Crippen LogP contribution is 2.19. The van der Waals surface area contributed by atoms with Gasteiger partial charge < -0.3 is 14.4 Å². The van der Waals surface area contributed by atoms with Crippen molar-refractivity contribution in [3.8, 4) is 0 Å². The second-order valence-corrected chi connectivity index (χ2v) is 5.24. The molecule has 1 aromatic rings. The molecule has 0 aliphatic carbocycles. The van der Waals surface area contributed by atoms with E-state index in [9.17, 15) is 9.59 Å². The Morgan fingerprint density at radius 1 is 1.27 bits per heavy atom. The summed E-state index contributed by atoms with van der Waals surface area (Å²) in [5.74, 6) is -0.557. The van der Waals surface area contributed by atoms with E-state index in [0.717, 1.165) is 18.4 Å². The largest absolute Gasteiger partial charge is 0.461 e. The zero-order valence-electron chi connectivity index (χ0n) is 12.6. The molecule has 0 N–H and O–H groups in total. The summed E-state index contributed by atoms with van der Waals surface area (Å²) in [6.45, 7) is 4.91. The Kier molecular flexibility index (Phi) is 6.01. The molecule has 0 spiro atoms. The molecular weight excluding hydrogens is 282 g/mol. The normalized spacial score (nSPS) is 17.6. The fourth-order valence-corrected chi connectivity index (χ4v) is 2.40. The number of hydrogen-bond donors (Lipinski definition) is 0. The van der Waals surface area contributed by atoms with Crippen LogP contribution in [-0.4, -0.2) is 36.7 Å². The van der Waals surface area contributed by atoms with Crippen LogP contribution in [0.4, 0.5) is 4.79 Å². The number of nitrogens with zero attached hydrogens (tertiary/aromatic N) is 1. The Morgan fingerprint density at radius 2 is 2.05 bits per heavy atom. The van der Waals surface area contributed by atoms with E-state index >= 15 is 0 Å². The monoisotopic (exact) mass is 303 g/mol. The van der Waals surface area contributed by atoms with Crippen LogP contribution in [0.25, 0.3) is 0 Å². The standard InChI is InChI=1S/C17H21NO4/c1-2-11-21-16(19)15-9-6-10-18(12-15)17(20)22-13-14-7-4-3-5-8-14/h2-5,7-8,15H,1,6,9-13H2. The predicted octanol–water partition coefficient (Wildman–Crippen LogP) is 2.76. The van der Waals surface area contributed by atoms with Crippen LogP contribution in [0.15, 0.2) is 43.0 Å². The first kappa shape index (κ1) is 16.1. The number of ether oxygens (including phenoxy) is 2. The van der Waals surface area contributed by atoms with E-state index in [2.05, 4.69) is 6.58 Å². The van der Waals surface area contributed by atoms with Crippen molar-refractivity contribution in [3.05, 3.63) is 48.6 Å². The third kappa shape index (κ3) is 4.62. The lowest BCUT2D eigenvalue weighted by atomic mass is 9.99. The Morgan fingerprint density at radius 3 is 2.77 bits per heavy atom. The first-order valence-corrected chi connectivity index (χ1v) is 7.44. The summed E-state index contributed by atoms with van der Waals surface area (Å²) in [4.78, 5) is 25.5. The fourth-order valence-electron chi connectivity index (χ4n) is 2.40. The smallest absolute Gasteiger partial charge is 0.410 e. The summed E-state index contributed by atoms with van der Waals surface area (Å²) < 4.78 is 10.3. The number of amides is 1. The molecular formula is C17H21NO4. The molecule has 1 saturated heterocycles. The maximum Gasteiger partial charge on any atom is 0.410 e. The molecule has 1 aromatic carbocycles. The number of likely N-dealkylation sites (tertiary alicyclic amines) is 1. The zero-order valence-corrected chi connectivity index (χ0v) is 12.6.